The molecule has 0 radical (unpaired) electrons. The van der Waals surface area contributed by atoms with Crippen molar-refractivity contribution in [2.24, 2.45) is 0 Å². The molecule has 0 saturated carbocycles. The molecule has 1 amide bonds. The molecule has 0 aliphatic heterocycles. The summed E-state index contributed by atoms with van der Waals surface area (Å²) in [6.07, 6.45) is 0. The van der Waals surface area contributed by atoms with Crippen LogP contribution in [0.3, 0.4) is 0 Å². The molecule has 4 rings (SSSR count). The van der Waals surface area contributed by atoms with Gasteiger partial charge in [0.1, 0.15) is 0 Å². The Kier molecular flexibility index (Phi) is 5.25. The smallest absolute Gasteiger partial charge is 0.459 e. The number of halogens is 1. The number of aromatic hydroxyl groups is 2. The number of amides is 1. The van der Waals surface area contributed by atoms with Gasteiger partial charge in [-0.3, -0.25) is 4.79 Å². The molecule has 0 unspecified atom stereocenters. The maximum absolute atomic E-state index is 12.8. The molecule has 3 aromatic carbocycles. The Morgan fingerprint density at radius 2 is 1.63 bits per heavy atom. The van der Waals surface area contributed by atoms with E-state index in [0.29, 0.717) is 27.3 Å². The van der Waals surface area contributed by atoms with Gasteiger partial charge in [0, 0.05) is 28.9 Å². The van der Waals surface area contributed by atoms with Crippen LogP contribution in [0.2, 0.25) is 5.02 Å². The van der Waals surface area contributed by atoms with Crippen LogP contribution >= 0.6 is 11.6 Å². The molecule has 0 fully saturated rings. The predicted octanol–water partition coefficient (Wildman–Crippen LogP) is 3.42. The number of anilines is 1. The summed E-state index contributed by atoms with van der Waals surface area (Å²) in [4.78, 5) is 12.8. The number of para-hydroxylation sites is 2. The zero-order valence-corrected chi connectivity index (χ0v) is 17.0. The van der Waals surface area contributed by atoms with Gasteiger partial charge in [-0.1, -0.05) is 46.5 Å². The number of fused-ring (bicyclic) bond motifs is 1. The molecule has 0 saturated heterocycles. The minimum atomic E-state index is -0.303. The van der Waals surface area contributed by atoms with Crippen molar-refractivity contribution >= 4 is 34.1 Å². The van der Waals surface area contributed by atoms with Crippen molar-refractivity contribution in [1.29, 1.82) is 0 Å². The summed E-state index contributed by atoms with van der Waals surface area (Å²) in [7, 11) is 0. The fourth-order valence-electron chi connectivity index (χ4n) is 3.37. The normalized spacial score (nSPS) is 10.9. The molecule has 30 heavy (non-hydrogen) atoms. The van der Waals surface area contributed by atoms with Gasteiger partial charge in [0.25, 0.3) is 5.91 Å². The fourth-order valence-corrected chi connectivity index (χ4v) is 3.50. The topological polar surface area (TPSA) is 77.3 Å². The van der Waals surface area contributed by atoms with Crippen LogP contribution in [-0.2, 0) is 11.3 Å². The van der Waals surface area contributed by atoms with Gasteiger partial charge in [-0.2, -0.15) is 0 Å². The predicted molar refractivity (Wildman–Crippen MR) is 114 cm³/mol. The summed E-state index contributed by atoms with van der Waals surface area (Å²) >= 11 is 5.97. The summed E-state index contributed by atoms with van der Waals surface area (Å²) in [5.41, 5.74) is 2.67. The summed E-state index contributed by atoms with van der Waals surface area (Å²) in [5, 5.41) is 25.8. The van der Waals surface area contributed by atoms with E-state index in [0.717, 1.165) is 5.56 Å². The number of benzene rings is 3. The number of rotatable bonds is 4. The minimum Gasteiger partial charge on any atom is -0.459 e. The van der Waals surface area contributed by atoms with Crippen molar-refractivity contribution < 1.29 is 24.1 Å². The Bertz CT molecular complexity index is 1260. The third-order valence-electron chi connectivity index (χ3n) is 4.89. The lowest BCUT2D eigenvalue weighted by Crippen LogP contribution is -2.49. The standard InChI is InChI=1S/C23H18ClN3O3/c1-15-6-2-4-8-19(15)25-21(28)14-26-20-9-5-3-7-18(20)22(29)27(23(26)30)17-12-10-16(24)11-13-17/h2-13H,14H2,1H3,(H,25,28)/p+2. The highest BCUT2D eigenvalue weighted by atomic mass is 35.5. The first-order valence-corrected chi connectivity index (χ1v) is 9.73. The van der Waals surface area contributed by atoms with E-state index in [1.165, 1.54) is 9.13 Å². The number of carbonyl (C=O) groups excluding carboxylic acids is 1. The number of nitrogens with one attached hydrogen (secondary N) is 1. The third kappa shape index (κ3) is 3.65. The first-order chi connectivity index (χ1) is 14.5. The van der Waals surface area contributed by atoms with E-state index in [4.69, 9.17) is 11.6 Å². The van der Waals surface area contributed by atoms with Crippen molar-refractivity contribution in [2.75, 3.05) is 5.32 Å². The lowest BCUT2D eigenvalue weighted by molar-refractivity contribution is -0.774. The Morgan fingerprint density at radius 3 is 2.37 bits per heavy atom. The number of aryl methyl sites for hydroxylation is 1. The van der Waals surface area contributed by atoms with Gasteiger partial charge >= 0.3 is 11.9 Å². The van der Waals surface area contributed by atoms with Gasteiger partial charge in [0.2, 0.25) is 17.7 Å². The van der Waals surface area contributed by atoms with Crippen molar-refractivity contribution in [2.45, 2.75) is 13.5 Å². The first-order valence-electron chi connectivity index (χ1n) is 9.35. The molecular formula is C23H20ClN3O3+2. The molecule has 0 atom stereocenters. The largest absolute Gasteiger partial charge is 0.638 e. The third-order valence-corrected chi connectivity index (χ3v) is 5.15. The lowest BCUT2D eigenvalue weighted by atomic mass is 10.2. The van der Waals surface area contributed by atoms with E-state index >= 15 is 0 Å². The van der Waals surface area contributed by atoms with Gasteiger partial charge in [-0.25, -0.2) is 0 Å². The Morgan fingerprint density at radius 1 is 0.967 bits per heavy atom. The maximum Gasteiger partial charge on any atom is 0.638 e. The average molecular weight is 422 g/mol. The lowest BCUT2D eigenvalue weighted by Gasteiger charge is -2.07. The number of hydrogen-bond donors (Lipinski definition) is 3. The number of aromatic nitrogens is 2. The van der Waals surface area contributed by atoms with E-state index in [9.17, 15) is 15.0 Å². The average Bonchev–Trinajstić information content (AvgIpc) is 2.74. The van der Waals surface area contributed by atoms with E-state index in [2.05, 4.69) is 5.32 Å². The fraction of sp³-hybridized carbons (Fsp3) is 0.0870. The van der Waals surface area contributed by atoms with Gasteiger partial charge in [-0.05, 0) is 41.3 Å². The summed E-state index contributed by atoms with van der Waals surface area (Å²) in [5.74, 6) is -0.441. The van der Waals surface area contributed by atoms with Crippen molar-refractivity contribution in [1.82, 2.24) is 0 Å². The Hall–Kier alpha value is -3.64. The molecule has 1 aromatic heterocycles. The number of nitrogens with zero attached hydrogens (tertiary/aromatic N) is 2. The second-order valence-corrected chi connectivity index (χ2v) is 7.34. The van der Waals surface area contributed by atoms with Crippen LogP contribution in [0.4, 0.5) is 5.69 Å². The molecular weight excluding hydrogens is 402 g/mol. The van der Waals surface area contributed by atoms with Crippen LogP contribution in [0.25, 0.3) is 16.6 Å². The molecule has 3 N–H and O–H groups in total. The molecule has 0 aliphatic rings. The van der Waals surface area contributed by atoms with Crippen LogP contribution in [0.5, 0.6) is 11.9 Å². The maximum atomic E-state index is 12.8. The zero-order valence-electron chi connectivity index (χ0n) is 16.2. The van der Waals surface area contributed by atoms with E-state index in [1.54, 1.807) is 48.5 Å². The number of hydrogen-bond acceptors (Lipinski definition) is 3. The van der Waals surface area contributed by atoms with Crippen molar-refractivity contribution in [3.63, 3.8) is 0 Å². The highest BCUT2D eigenvalue weighted by Crippen LogP contribution is 2.23. The van der Waals surface area contributed by atoms with Crippen LogP contribution in [-0.4, -0.2) is 16.1 Å². The van der Waals surface area contributed by atoms with Crippen molar-refractivity contribution in [3.05, 3.63) is 83.4 Å². The van der Waals surface area contributed by atoms with Crippen molar-refractivity contribution in [3.8, 4) is 17.6 Å². The molecule has 150 valence electrons. The second-order valence-electron chi connectivity index (χ2n) is 6.90. The molecule has 7 heteroatoms. The molecule has 6 nitrogen and oxygen atoms in total. The van der Waals surface area contributed by atoms with Crippen LogP contribution in [0, 0.1) is 6.92 Å². The zero-order chi connectivity index (χ0) is 21.3. The van der Waals surface area contributed by atoms with Gasteiger partial charge in [0.15, 0.2) is 5.39 Å². The highest BCUT2D eigenvalue weighted by Gasteiger charge is 2.36. The van der Waals surface area contributed by atoms with Gasteiger partial charge in [-0.15, -0.1) is 0 Å². The monoisotopic (exact) mass is 421 g/mol. The highest BCUT2D eigenvalue weighted by molar-refractivity contribution is 6.30. The summed E-state index contributed by atoms with van der Waals surface area (Å²) in [6.45, 7) is 1.76. The quantitative estimate of drug-likeness (QED) is 0.442. The van der Waals surface area contributed by atoms with E-state index in [1.807, 2.05) is 31.2 Å². The molecule has 0 aliphatic carbocycles. The molecule has 4 aromatic rings. The van der Waals surface area contributed by atoms with Crippen LogP contribution in [0.1, 0.15) is 5.56 Å². The summed E-state index contributed by atoms with van der Waals surface area (Å²) < 4.78 is 2.73. The van der Waals surface area contributed by atoms with Crippen LogP contribution in [0.15, 0.2) is 72.8 Å². The number of carbonyl (C=O) groups is 1. The second kappa shape index (κ2) is 8.00. The minimum absolute atomic E-state index is 0.138. The molecule has 0 bridgehead atoms. The Balaban J connectivity index is 1.81. The first kappa shape index (κ1) is 19.7. The summed E-state index contributed by atoms with van der Waals surface area (Å²) in [6, 6.07) is 20.9. The van der Waals surface area contributed by atoms with Gasteiger partial charge in [0.05, 0.1) is 0 Å². The SMILES string of the molecule is Cc1ccccc1NC(=O)C[n+]1c(O)[n+](-c2ccc(Cl)cc2)c(O)c2ccccc21. The van der Waals surface area contributed by atoms with Crippen LogP contribution < -0.4 is 14.5 Å². The van der Waals surface area contributed by atoms with Gasteiger partial charge < -0.3 is 15.5 Å². The van der Waals surface area contributed by atoms with E-state index < -0.39 is 0 Å². The Labute approximate surface area is 178 Å². The van der Waals surface area contributed by atoms with E-state index in [-0.39, 0.29) is 24.3 Å². The molecule has 0 spiro atoms. The molecule has 1 heterocycles.